The molecule has 11 heteroatoms. The molecule has 1 atom stereocenters. The number of carboxylic acid groups (broad SMARTS) is 1. The lowest BCUT2D eigenvalue weighted by Crippen LogP contribution is -2.40. The molecular formula is C32H47N3O8. The number of unbranched alkanes of at least 4 members (excludes halogenated alkanes) is 4. The minimum absolute atomic E-state index is 0.0331. The van der Waals surface area contributed by atoms with Gasteiger partial charge in [0, 0.05) is 32.2 Å². The number of carboxylic acids is 1. The molecular weight excluding hydrogens is 554 g/mol. The van der Waals surface area contributed by atoms with E-state index in [1.165, 1.54) is 11.0 Å². The minimum atomic E-state index is -0.882. The average molecular weight is 602 g/mol. The molecule has 0 unspecified atom stereocenters. The number of urea groups is 1. The summed E-state index contributed by atoms with van der Waals surface area (Å²) < 4.78 is 5.77. The summed E-state index contributed by atoms with van der Waals surface area (Å²) in [5.41, 5.74) is 1.91. The van der Waals surface area contributed by atoms with Crippen molar-refractivity contribution in [2.45, 2.75) is 84.0 Å². The Balaban J connectivity index is 0.00000151. The van der Waals surface area contributed by atoms with Crippen molar-refractivity contribution in [3.63, 3.8) is 0 Å². The predicted octanol–water partition coefficient (Wildman–Crippen LogP) is 4.03. The van der Waals surface area contributed by atoms with Gasteiger partial charge in [0.2, 0.25) is 0 Å². The zero-order valence-corrected chi connectivity index (χ0v) is 25.5. The lowest BCUT2D eigenvalue weighted by molar-refractivity contribution is -0.134. The van der Waals surface area contributed by atoms with E-state index in [9.17, 15) is 24.9 Å². The molecule has 0 aromatic heterocycles. The van der Waals surface area contributed by atoms with E-state index in [0.717, 1.165) is 77.2 Å². The van der Waals surface area contributed by atoms with Crippen LogP contribution in [0.5, 0.6) is 5.75 Å². The first-order chi connectivity index (χ1) is 20.5. The maximum absolute atomic E-state index is 12.5. The van der Waals surface area contributed by atoms with Crippen LogP contribution in [-0.4, -0.2) is 70.2 Å². The summed E-state index contributed by atoms with van der Waals surface area (Å²) in [6.07, 6.45) is 6.32. The standard InChI is InChI=1S/C30H43N3O6.C2H4O2/c1-30(2)28(37)33(29(38)32-30)25-12-9-11-22(18-25)10-5-8-17-39-16-7-4-3-6-15-31-20-27(36)23-13-14-26(35)24(19-23)21-34;1-2(3)4/h9,11-14,18-19,27,31,34-36H,3-8,10,15-17,20-21H2,1-2H3,(H,32,38);1H3,(H,3,4)/t27-;/m0./s1. The molecule has 1 fully saturated rings. The molecule has 1 aliphatic heterocycles. The quantitative estimate of drug-likeness (QED) is 0.116. The van der Waals surface area contributed by atoms with Crippen LogP contribution in [0.1, 0.15) is 82.1 Å². The molecule has 0 aliphatic carbocycles. The number of nitrogens with one attached hydrogen (secondary N) is 2. The summed E-state index contributed by atoms with van der Waals surface area (Å²) in [5.74, 6) is -1.04. The van der Waals surface area contributed by atoms with Gasteiger partial charge in [-0.1, -0.05) is 31.0 Å². The van der Waals surface area contributed by atoms with Gasteiger partial charge in [0.1, 0.15) is 11.3 Å². The zero-order chi connectivity index (χ0) is 31.8. The molecule has 3 rings (SSSR count). The second-order valence-corrected chi connectivity index (χ2v) is 11.1. The highest BCUT2D eigenvalue weighted by Crippen LogP contribution is 2.26. The topological polar surface area (TPSA) is 169 Å². The second kappa shape index (κ2) is 18.2. The van der Waals surface area contributed by atoms with Crippen LogP contribution in [-0.2, 0) is 27.4 Å². The number of phenols is 1. The highest BCUT2D eigenvalue weighted by molar-refractivity contribution is 6.23. The number of aromatic hydroxyl groups is 1. The van der Waals surface area contributed by atoms with Gasteiger partial charge < -0.3 is 35.8 Å². The third kappa shape index (κ3) is 12.3. The summed E-state index contributed by atoms with van der Waals surface area (Å²) in [6.45, 7) is 6.94. The Morgan fingerprint density at radius 2 is 1.70 bits per heavy atom. The number of imide groups is 1. The number of aliphatic carboxylic acids is 1. The molecule has 0 saturated carbocycles. The molecule has 1 aliphatic rings. The first kappa shape index (κ1) is 35.7. The number of aliphatic hydroxyl groups is 2. The van der Waals surface area contributed by atoms with Crippen molar-refractivity contribution in [2.24, 2.45) is 0 Å². The van der Waals surface area contributed by atoms with Crippen LogP contribution >= 0.6 is 0 Å². The third-order valence-corrected chi connectivity index (χ3v) is 6.92. The third-order valence-electron chi connectivity index (χ3n) is 6.92. The number of hydrogen-bond acceptors (Lipinski definition) is 8. The summed E-state index contributed by atoms with van der Waals surface area (Å²) >= 11 is 0. The molecule has 11 nitrogen and oxygen atoms in total. The summed E-state index contributed by atoms with van der Waals surface area (Å²) in [7, 11) is 0. The molecule has 1 saturated heterocycles. The lowest BCUT2D eigenvalue weighted by atomic mass is 10.1. The first-order valence-electron chi connectivity index (χ1n) is 14.8. The van der Waals surface area contributed by atoms with Gasteiger partial charge >= 0.3 is 6.03 Å². The number of hydrogen-bond donors (Lipinski definition) is 6. The number of benzene rings is 2. The fourth-order valence-corrected chi connectivity index (χ4v) is 4.57. The number of aliphatic hydroxyl groups excluding tert-OH is 2. The van der Waals surface area contributed by atoms with Gasteiger partial charge in [-0.3, -0.25) is 9.59 Å². The monoisotopic (exact) mass is 601 g/mol. The molecule has 0 bridgehead atoms. The van der Waals surface area contributed by atoms with E-state index in [1.54, 1.807) is 32.0 Å². The van der Waals surface area contributed by atoms with E-state index in [0.29, 0.717) is 23.4 Å². The van der Waals surface area contributed by atoms with Gasteiger partial charge in [-0.25, -0.2) is 9.69 Å². The smallest absolute Gasteiger partial charge is 0.329 e. The van der Waals surface area contributed by atoms with E-state index in [1.807, 2.05) is 18.2 Å². The SMILES string of the molecule is CC(=O)O.CC1(C)NC(=O)N(c2cccc(CCCCOCCCCCCNC[C@H](O)c3ccc(O)c(CO)c3)c2)C1=O. The second-order valence-electron chi connectivity index (χ2n) is 11.1. The van der Waals surface area contributed by atoms with Crippen molar-refractivity contribution in [1.29, 1.82) is 0 Å². The van der Waals surface area contributed by atoms with E-state index in [2.05, 4.69) is 10.6 Å². The van der Waals surface area contributed by atoms with Crippen LogP contribution in [0.25, 0.3) is 0 Å². The van der Waals surface area contributed by atoms with Crippen molar-refractivity contribution in [3.05, 3.63) is 59.2 Å². The zero-order valence-electron chi connectivity index (χ0n) is 25.5. The van der Waals surface area contributed by atoms with Crippen molar-refractivity contribution in [3.8, 4) is 5.75 Å². The molecule has 238 valence electrons. The molecule has 0 spiro atoms. The first-order valence-corrected chi connectivity index (χ1v) is 14.8. The predicted molar refractivity (Wildman–Crippen MR) is 164 cm³/mol. The number of rotatable bonds is 17. The highest BCUT2D eigenvalue weighted by atomic mass is 16.5. The summed E-state index contributed by atoms with van der Waals surface area (Å²) in [4.78, 5) is 35.0. The fraction of sp³-hybridized carbons (Fsp3) is 0.531. The molecule has 0 radical (unpaired) electrons. The highest BCUT2D eigenvalue weighted by Gasteiger charge is 2.45. The Bertz CT molecular complexity index is 1180. The van der Waals surface area contributed by atoms with Crippen molar-refractivity contribution in [2.75, 3.05) is 31.2 Å². The number of nitrogens with zero attached hydrogens (tertiary/aromatic N) is 1. The normalized spacial score (nSPS) is 14.7. The van der Waals surface area contributed by atoms with Gasteiger partial charge in [-0.2, -0.15) is 0 Å². The van der Waals surface area contributed by atoms with Crippen LogP contribution in [0.4, 0.5) is 10.5 Å². The Morgan fingerprint density at radius 1 is 1.02 bits per heavy atom. The van der Waals surface area contributed by atoms with Crippen LogP contribution in [0.15, 0.2) is 42.5 Å². The molecule has 2 aromatic rings. The molecule has 6 N–H and O–H groups in total. The van der Waals surface area contributed by atoms with Gasteiger partial charge in [-0.05, 0) is 87.9 Å². The van der Waals surface area contributed by atoms with Crippen LogP contribution < -0.4 is 15.5 Å². The van der Waals surface area contributed by atoms with Crippen molar-refractivity contribution >= 4 is 23.6 Å². The molecule has 2 aromatic carbocycles. The van der Waals surface area contributed by atoms with Gasteiger partial charge in [-0.15, -0.1) is 0 Å². The minimum Gasteiger partial charge on any atom is -0.508 e. The van der Waals surface area contributed by atoms with E-state index in [4.69, 9.17) is 14.6 Å². The maximum Gasteiger partial charge on any atom is 0.329 e. The number of anilines is 1. The van der Waals surface area contributed by atoms with Gasteiger partial charge in [0.15, 0.2) is 0 Å². The van der Waals surface area contributed by atoms with E-state index in [-0.39, 0.29) is 24.3 Å². The van der Waals surface area contributed by atoms with Gasteiger partial charge in [0.05, 0.1) is 18.4 Å². The van der Waals surface area contributed by atoms with Crippen LogP contribution in [0.3, 0.4) is 0 Å². The Kier molecular flexibility index (Phi) is 15.1. The maximum atomic E-state index is 12.5. The molecule has 43 heavy (non-hydrogen) atoms. The number of aryl methyl sites for hydroxylation is 1. The van der Waals surface area contributed by atoms with Crippen molar-refractivity contribution < 1.29 is 39.5 Å². The lowest BCUT2D eigenvalue weighted by Gasteiger charge is -2.16. The Morgan fingerprint density at radius 3 is 2.35 bits per heavy atom. The van der Waals surface area contributed by atoms with Crippen molar-refractivity contribution in [1.82, 2.24) is 10.6 Å². The van der Waals surface area contributed by atoms with E-state index < -0.39 is 17.6 Å². The molecule has 1 heterocycles. The summed E-state index contributed by atoms with van der Waals surface area (Å²) in [5, 5.41) is 42.5. The largest absolute Gasteiger partial charge is 0.508 e. The number of carbonyl (C=O) groups excluding carboxylic acids is 2. The Hall–Kier alpha value is -3.51. The number of amides is 3. The van der Waals surface area contributed by atoms with E-state index >= 15 is 0 Å². The van der Waals surface area contributed by atoms with Crippen LogP contribution in [0, 0.1) is 0 Å². The average Bonchev–Trinajstić information content (AvgIpc) is 3.16. The number of ether oxygens (including phenoxy) is 1. The molecule has 3 amide bonds. The van der Waals surface area contributed by atoms with Crippen LogP contribution in [0.2, 0.25) is 0 Å². The summed E-state index contributed by atoms with van der Waals surface area (Å²) in [6, 6.07) is 12.0. The number of carbonyl (C=O) groups is 3. The van der Waals surface area contributed by atoms with Gasteiger partial charge in [0.25, 0.3) is 11.9 Å². The Labute approximate surface area is 253 Å². The fourth-order valence-electron chi connectivity index (χ4n) is 4.57.